The molecule has 2 aromatic carbocycles. The predicted octanol–water partition coefficient (Wildman–Crippen LogP) is 2.17. The molecule has 1 N–H and O–H groups in total. The number of rotatable bonds is 5. The van der Waals surface area contributed by atoms with Gasteiger partial charge in [0.2, 0.25) is 11.8 Å². The van der Waals surface area contributed by atoms with Gasteiger partial charge in [0, 0.05) is 45.8 Å². The van der Waals surface area contributed by atoms with Gasteiger partial charge in [0.1, 0.15) is 5.82 Å². The number of carbonyl (C=O) groups is 2. The van der Waals surface area contributed by atoms with Crippen molar-refractivity contribution in [1.29, 1.82) is 0 Å². The van der Waals surface area contributed by atoms with Gasteiger partial charge >= 0.3 is 0 Å². The summed E-state index contributed by atoms with van der Waals surface area (Å²) in [4.78, 5) is 31.4. The van der Waals surface area contributed by atoms with Crippen molar-refractivity contribution in [3.8, 4) is 0 Å². The third-order valence-electron chi connectivity index (χ3n) is 6.14. The van der Waals surface area contributed by atoms with Crippen LogP contribution in [0.2, 0.25) is 0 Å². The normalized spacial score (nSPS) is 19.9. The third kappa shape index (κ3) is 5.05. The van der Waals surface area contributed by atoms with Crippen LogP contribution in [0.1, 0.15) is 17.5 Å². The summed E-state index contributed by atoms with van der Waals surface area (Å²) in [6, 6.07) is 14.5. The number of hydrogen-bond acceptors (Lipinski definition) is 4. The van der Waals surface area contributed by atoms with E-state index >= 15 is 0 Å². The maximum atomic E-state index is 14.1. The number of amides is 2. The average molecular weight is 425 g/mol. The van der Waals surface area contributed by atoms with Gasteiger partial charge in [-0.15, -0.1) is 0 Å². The van der Waals surface area contributed by atoms with Crippen LogP contribution in [0.3, 0.4) is 0 Å². The van der Waals surface area contributed by atoms with Gasteiger partial charge in [-0.3, -0.25) is 14.5 Å². The molecule has 31 heavy (non-hydrogen) atoms. The Labute approximate surface area is 182 Å². The van der Waals surface area contributed by atoms with Crippen LogP contribution >= 0.6 is 0 Å². The Hall–Kier alpha value is -2.93. The molecule has 4 rings (SSSR count). The van der Waals surface area contributed by atoms with Crippen LogP contribution in [0.15, 0.2) is 48.5 Å². The van der Waals surface area contributed by atoms with Gasteiger partial charge in [-0.1, -0.05) is 42.0 Å². The highest BCUT2D eigenvalue weighted by molar-refractivity contribution is 5.89. The van der Waals surface area contributed by atoms with Crippen LogP contribution in [-0.2, 0) is 16.1 Å². The molecule has 0 spiro atoms. The Balaban J connectivity index is 1.36. The van der Waals surface area contributed by atoms with E-state index in [4.69, 9.17) is 0 Å². The first-order valence-electron chi connectivity index (χ1n) is 10.9. The Bertz CT molecular complexity index is 925. The Morgan fingerprint density at radius 3 is 2.45 bits per heavy atom. The standard InChI is InChI=1S/C24H29FN4O2/c1-18-6-8-19(9-7-18)17-29-11-10-26-24(31)22(29)16-23(30)28-14-12-27(13-15-28)21-5-3-2-4-20(21)25/h2-9,22H,10-17H2,1H3,(H,26,31). The quantitative estimate of drug-likeness (QED) is 0.800. The molecule has 164 valence electrons. The molecule has 0 bridgehead atoms. The second-order valence-corrected chi connectivity index (χ2v) is 8.29. The van der Waals surface area contributed by atoms with Crippen molar-refractivity contribution in [2.75, 3.05) is 44.2 Å². The summed E-state index contributed by atoms with van der Waals surface area (Å²) in [6.07, 6.45) is 0.164. The van der Waals surface area contributed by atoms with E-state index in [-0.39, 0.29) is 24.1 Å². The number of para-hydroxylation sites is 1. The zero-order chi connectivity index (χ0) is 21.8. The molecule has 2 saturated heterocycles. The first kappa shape index (κ1) is 21.3. The lowest BCUT2D eigenvalue weighted by Crippen LogP contribution is -2.57. The molecule has 0 aromatic heterocycles. The molecule has 2 heterocycles. The van der Waals surface area contributed by atoms with Crippen LogP contribution in [-0.4, -0.2) is 66.9 Å². The number of hydrogen-bond donors (Lipinski definition) is 1. The molecule has 2 aromatic rings. The van der Waals surface area contributed by atoms with Gasteiger partial charge in [-0.25, -0.2) is 4.39 Å². The summed E-state index contributed by atoms with van der Waals surface area (Å²) in [6.45, 7) is 6.22. The van der Waals surface area contributed by atoms with E-state index in [0.717, 1.165) is 12.1 Å². The van der Waals surface area contributed by atoms with Gasteiger partial charge in [-0.05, 0) is 24.6 Å². The second kappa shape index (κ2) is 9.47. The average Bonchev–Trinajstić information content (AvgIpc) is 2.78. The summed E-state index contributed by atoms with van der Waals surface area (Å²) in [5.41, 5.74) is 2.91. The number of piperazine rings is 2. The summed E-state index contributed by atoms with van der Waals surface area (Å²) in [5, 5.41) is 2.90. The maximum Gasteiger partial charge on any atom is 0.237 e. The number of carbonyl (C=O) groups excluding carboxylic acids is 2. The zero-order valence-corrected chi connectivity index (χ0v) is 17.9. The number of nitrogens with one attached hydrogen (secondary N) is 1. The number of anilines is 1. The van der Waals surface area contributed by atoms with Gasteiger partial charge in [-0.2, -0.15) is 0 Å². The molecule has 1 unspecified atom stereocenters. The summed E-state index contributed by atoms with van der Waals surface area (Å²) in [5.74, 6) is -0.353. The summed E-state index contributed by atoms with van der Waals surface area (Å²) in [7, 11) is 0. The monoisotopic (exact) mass is 424 g/mol. The van der Waals surface area contributed by atoms with E-state index in [1.54, 1.807) is 17.0 Å². The van der Waals surface area contributed by atoms with Crippen molar-refractivity contribution in [2.45, 2.75) is 25.9 Å². The van der Waals surface area contributed by atoms with E-state index in [0.29, 0.717) is 45.0 Å². The fourth-order valence-corrected chi connectivity index (χ4v) is 4.30. The van der Waals surface area contributed by atoms with Gasteiger partial charge in [0.25, 0.3) is 0 Å². The predicted molar refractivity (Wildman–Crippen MR) is 118 cm³/mol. The first-order chi connectivity index (χ1) is 15.0. The fraction of sp³-hybridized carbons (Fsp3) is 0.417. The van der Waals surface area contributed by atoms with Crippen molar-refractivity contribution in [2.24, 2.45) is 0 Å². The fourth-order valence-electron chi connectivity index (χ4n) is 4.30. The van der Waals surface area contributed by atoms with Gasteiger partial charge < -0.3 is 15.1 Å². The highest BCUT2D eigenvalue weighted by Gasteiger charge is 2.33. The van der Waals surface area contributed by atoms with Crippen LogP contribution in [0.5, 0.6) is 0 Å². The maximum absolute atomic E-state index is 14.1. The van der Waals surface area contributed by atoms with Crippen molar-refractivity contribution in [1.82, 2.24) is 15.1 Å². The minimum atomic E-state index is -0.466. The number of benzene rings is 2. The van der Waals surface area contributed by atoms with Crippen LogP contribution in [0.25, 0.3) is 0 Å². The first-order valence-corrected chi connectivity index (χ1v) is 10.9. The Morgan fingerprint density at radius 1 is 1.03 bits per heavy atom. The van der Waals surface area contributed by atoms with Crippen LogP contribution < -0.4 is 10.2 Å². The van der Waals surface area contributed by atoms with E-state index in [1.165, 1.54) is 11.6 Å². The van der Waals surface area contributed by atoms with Crippen LogP contribution in [0.4, 0.5) is 10.1 Å². The second-order valence-electron chi connectivity index (χ2n) is 8.29. The lowest BCUT2D eigenvalue weighted by atomic mass is 10.1. The molecule has 0 radical (unpaired) electrons. The molecule has 6 nitrogen and oxygen atoms in total. The zero-order valence-electron chi connectivity index (χ0n) is 17.9. The molecular weight excluding hydrogens is 395 g/mol. The van der Waals surface area contributed by atoms with Crippen molar-refractivity contribution in [3.63, 3.8) is 0 Å². The smallest absolute Gasteiger partial charge is 0.237 e. The Morgan fingerprint density at radius 2 is 1.74 bits per heavy atom. The van der Waals surface area contributed by atoms with Crippen molar-refractivity contribution >= 4 is 17.5 Å². The van der Waals surface area contributed by atoms with Crippen LogP contribution in [0, 0.1) is 12.7 Å². The van der Waals surface area contributed by atoms with E-state index in [2.05, 4.69) is 34.5 Å². The molecule has 1 atom stereocenters. The molecule has 2 aliphatic rings. The van der Waals surface area contributed by atoms with Gasteiger partial charge in [0.05, 0.1) is 18.2 Å². The largest absolute Gasteiger partial charge is 0.366 e. The molecule has 2 amide bonds. The number of aryl methyl sites for hydroxylation is 1. The molecule has 0 aliphatic carbocycles. The van der Waals surface area contributed by atoms with Crippen molar-refractivity contribution in [3.05, 3.63) is 65.5 Å². The number of nitrogens with zero attached hydrogens (tertiary/aromatic N) is 3. The summed E-state index contributed by atoms with van der Waals surface area (Å²) < 4.78 is 14.1. The molecule has 2 fully saturated rings. The van der Waals surface area contributed by atoms with E-state index < -0.39 is 6.04 Å². The highest BCUT2D eigenvalue weighted by atomic mass is 19.1. The number of halogens is 1. The molecular formula is C24H29FN4O2. The topological polar surface area (TPSA) is 55.9 Å². The SMILES string of the molecule is Cc1ccc(CN2CCNC(=O)C2CC(=O)N2CCN(c3ccccc3F)CC2)cc1. The Kier molecular flexibility index (Phi) is 6.51. The third-order valence-corrected chi connectivity index (χ3v) is 6.14. The van der Waals surface area contributed by atoms with E-state index in [9.17, 15) is 14.0 Å². The lowest BCUT2D eigenvalue weighted by molar-refractivity contribution is -0.139. The minimum Gasteiger partial charge on any atom is -0.366 e. The summed E-state index contributed by atoms with van der Waals surface area (Å²) >= 11 is 0. The molecule has 2 aliphatic heterocycles. The molecule has 0 saturated carbocycles. The minimum absolute atomic E-state index is 0.0239. The highest BCUT2D eigenvalue weighted by Crippen LogP contribution is 2.21. The molecule has 7 heteroatoms. The van der Waals surface area contributed by atoms with Crippen molar-refractivity contribution < 1.29 is 14.0 Å². The van der Waals surface area contributed by atoms with E-state index in [1.807, 2.05) is 17.9 Å². The lowest BCUT2D eigenvalue weighted by Gasteiger charge is -2.39. The van der Waals surface area contributed by atoms with Gasteiger partial charge in [0.15, 0.2) is 0 Å².